The lowest BCUT2D eigenvalue weighted by Gasteiger charge is -2.48. The van der Waals surface area contributed by atoms with Gasteiger partial charge in [-0.3, -0.25) is 19.3 Å². The number of fused-ring (bicyclic) bond motifs is 1. The summed E-state index contributed by atoms with van der Waals surface area (Å²) < 4.78 is 5.54. The molecule has 3 aliphatic heterocycles. The molecule has 6 heteroatoms. The van der Waals surface area contributed by atoms with E-state index in [0.29, 0.717) is 52.0 Å². The molecule has 3 amide bonds. The van der Waals surface area contributed by atoms with Crippen molar-refractivity contribution in [1.29, 1.82) is 0 Å². The second-order valence-electron chi connectivity index (χ2n) is 8.63. The Morgan fingerprint density at radius 2 is 1.52 bits per heavy atom. The van der Waals surface area contributed by atoms with Crippen molar-refractivity contribution in [1.82, 2.24) is 9.80 Å². The Bertz CT molecular complexity index is 827. The first-order valence-electron chi connectivity index (χ1n) is 10.6. The molecular weight excluding hydrogens is 368 g/mol. The van der Waals surface area contributed by atoms with Crippen LogP contribution < -0.4 is 0 Å². The van der Waals surface area contributed by atoms with Crippen molar-refractivity contribution in [3.8, 4) is 0 Å². The average Bonchev–Trinajstić information content (AvgIpc) is 2.99. The Morgan fingerprint density at radius 3 is 2.10 bits per heavy atom. The zero-order valence-corrected chi connectivity index (χ0v) is 16.5. The third kappa shape index (κ3) is 2.84. The van der Waals surface area contributed by atoms with Crippen molar-refractivity contribution in [3.63, 3.8) is 0 Å². The van der Waals surface area contributed by atoms with E-state index in [-0.39, 0.29) is 35.6 Å². The van der Waals surface area contributed by atoms with Crippen LogP contribution in [0.15, 0.2) is 42.5 Å². The maximum absolute atomic E-state index is 13.5. The molecule has 29 heavy (non-hydrogen) atoms. The van der Waals surface area contributed by atoms with Crippen molar-refractivity contribution in [2.75, 3.05) is 26.3 Å². The quantitative estimate of drug-likeness (QED) is 0.580. The summed E-state index contributed by atoms with van der Waals surface area (Å²) in [5.41, 5.74) is 0.462. The molecule has 0 bridgehead atoms. The topological polar surface area (TPSA) is 66.9 Å². The van der Waals surface area contributed by atoms with E-state index in [4.69, 9.17) is 4.74 Å². The number of carbonyl (C=O) groups is 3. The summed E-state index contributed by atoms with van der Waals surface area (Å²) in [7, 11) is 0. The number of benzene rings is 1. The van der Waals surface area contributed by atoms with Gasteiger partial charge in [-0.25, -0.2) is 0 Å². The fourth-order valence-electron chi connectivity index (χ4n) is 5.38. The van der Waals surface area contributed by atoms with Gasteiger partial charge in [-0.05, 0) is 31.2 Å². The number of ether oxygens (including phenoxy) is 1. The van der Waals surface area contributed by atoms with Gasteiger partial charge >= 0.3 is 0 Å². The Kier molecular flexibility index (Phi) is 4.54. The predicted octanol–water partition coefficient (Wildman–Crippen LogP) is 1.90. The van der Waals surface area contributed by atoms with E-state index < -0.39 is 5.41 Å². The summed E-state index contributed by atoms with van der Waals surface area (Å²) in [5, 5.41) is 0. The van der Waals surface area contributed by atoms with Gasteiger partial charge in [-0.1, -0.05) is 42.5 Å². The number of rotatable bonds is 3. The van der Waals surface area contributed by atoms with Crippen LogP contribution in [-0.4, -0.2) is 59.9 Å². The molecule has 0 unspecified atom stereocenters. The fourth-order valence-corrected chi connectivity index (χ4v) is 5.38. The first kappa shape index (κ1) is 18.6. The molecule has 1 aromatic carbocycles. The van der Waals surface area contributed by atoms with Crippen LogP contribution in [0.2, 0.25) is 0 Å². The largest absolute Gasteiger partial charge is 0.381 e. The molecule has 0 aromatic heterocycles. The minimum atomic E-state index is -0.568. The van der Waals surface area contributed by atoms with E-state index in [1.165, 1.54) is 4.90 Å². The van der Waals surface area contributed by atoms with Crippen LogP contribution >= 0.6 is 0 Å². The molecule has 0 spiro atoms. The van der Waals surface area contributed by atoms with Crippen molar-refractivity contribution in [2.24, 2.45) is 11.8 Å². The van der Waals surface area contributed by atoms with Gasteiger partial charge in [0, 0.05) is 26.3 Å². The molecule has 0 radical (unpaired) electrons. The summed E-state index contributed by atoms with van der Waals surface area (Å²) in [5.74, 6) is -0.413. The summed E-state index contributed by atoms with van der Waals surface area (Å²) >= 11 is 0. The molecular formula is C23H26N2O4. The maximum atomic E-state index is 13.5. The molecule has 4 aliphatic rings. The Labute approximate surface area is 170 Å². The Morgan fingerprint density at radius 1 is 0.931 bits per heavy atom. The van der Waals surface area contributed by atoms with Crippen LogP contribution in [0.4, 0.5) is 0 Å². The number of likely N-dealkylation sites (tertiary alicyclic amines) is 2. The van der Waals surface area contributed by atoms with Crippen molar-refractivity contribution in [3.05, 3.63) is 48.0 Å². The Hall–Kier alpha value is -2.47. The lowest BCUT2D eigenvalue weighted by atomic mass is 9.72. The minimum absolute atomic E-state index is 0.0507. The molecule has 0 saturated carbocycles. The third-order valence-electron chi connectivity index (χ3n) is 7.14. The van der Waals surface area contributed by atoms with Crippen LogP contribution in [0.25, 0.3) is 0 Å². The molecule has 6 nitrogen and oxygen atoms in total. The summed E-state index contributed by atoms with van der Waals surface area (Å²) in [4.78, 5) is 42.4. The number of allylic oxidation sites excluding steroid dienone is 2. The molecule has 3 heterocycles. The van der Waals surface area contributed by atoms with Crippen molar-refractivity contribution >= 4 is 17.7 Å². The monoisotopic (exact) mass is 394 g/mol. The van der Waals surface area contributed by atoms with Crippen LogP contribution in [0, 0.1) is 11.8 Å². The summed E-state index contributed by atoms with van der Waals surface area (Å²) in [6.07, 6.45) is 6.63. The molecule has 1 aromatic rings. The molecule has 3 fully saturated rings. The van der Waals surface area contributed by atoms with Gasteiger partial charge in [0.1, 0.15) is 0 Å². The van der Waals surface area contributed by atoms with Gasteiger partial charge in [0.2, 0.25) is 17.7 Å². The average molecular weight is 394 g/mol. The van der Waals surface area contributed by atoms with Crippen LogP contribution in [0.1, 0.15) is 31.2 Å². The summed E-state index contributed by atoms with van der Waals surface area (Å²) in [6.45, 7) is 2.02. The number of hydrogen-bond acceptors (Lipinski definition) is 4. The van der Waals surface area contributed by atoms with Gasteiger partial charge in [0.05, 0.1) is 23.3 Å². The molecule has 3 saturated heterocycles. The number of carbonyl (C=O) groups excluding carboxylic acids is 3. The van der Waals surface area contributed by atoms with E-state index in [2.05, 4.69) is 0 Å². The van der Waals surface area contributed by atoms with E-state index in [0.717, 1.165) is 5.56 Å². The van der Waals surface area contributed by atoms with Crippen LogP contribution in [0.3, 0.4) is 0 Å². The number of nitrogens with zero attached hydrogens (tertiary/aromatic N) is 2. The van der Waals surface area contributed by atoms with E-state index in [1.807, 2.05) is 47.4 Å². The highest BCUT2D eigenvalue weighted by Crippen LogP contribution is 2.40. The zero-order valence-electron chi connectivity index (χ0n) is 16.5. The molecule has 5 rings (SSSR count). The minimum Gasteiger partial charge on any atom is -0.381 e. The van der Waals surface area contributed by atoms with Gasteiger partial charge < -0.3 is 9.64 Å². The van der Waals surface area contributed by atoms with E-state index in [9.17, 15) is 14.4 Å². The molecule has 0 N–H and O–H groups in total. The number of amides is 3. The first-order chi connectivity index (χ1) is 14.1. The molecule has 1 aliphatic carbocycles. The normalized spacial score (nSPS) is 29.0. The first-order valence-corrected chi connectivity index (χ1v) is 10.6. The Balaban J connectivity index is 1.32. The van der Waals surface area contributed by atoms with E-state index in [1.54, 1.807) is 0 Å². The standard InChI is InChI=1S/C23H26N2O4/c26-20-18-8-4-5-9-19(18)21(27)25(20)17-14-24(15-17)22(28)23(10-12-29-13-11-23)16-6-2-1-3-7-16/h1-7,17-19H,8-15H2/t18-,19+. The highest BCUT2D eigenvalue weighted by atomic mass is 16.5. The number of hydrogen-bond donors (Lipinski definition) is 0. The second kappa shape index (κ2) is 7.10. The van der Waals surface area contributed by atoms with Gasteiger partial charge in [-0.2, -0.15) is 0 Å². The van der Waals surface area contributed by atoms with E-state index >= 15 is 0 Å². The number of imide groups is 1. The molecule has 2 atom stereocenters. The zero-order chi connectivity index (χ0) is 20.0. The van der Waals surface area contributed by atoms with Crippen molar-refractivity contribution < 1.29 is 19.1 Å². The smallest absolute Gasteiger partial charge is 0.233 e. The summed E-state index contributed by atoms with van der Waals surface area (Å²) in [6, 6.07) is 9.75. The lowest BCUT2D eigenvalue weighted by molar-refractivity contribution is -0.157. The third-order valence-corrected chi connectivity index (χ3v) is 7.14. The predicted molar refractivity (Wildman–Crippen MR) is 106 cm³/mol. The fraction of sp³-hybridized carbons (Fsp3) is 0.522. The maximum Gasteiger partial charge on any atom is 0.233 e. The van der Waals surface area contributed by atoms with Gasteiger partial charge in [0.25, 0.3) is 0 Å². The highest BCUT2D eigenvalue weighted by Gasteiger charge is 2.54. The second-order valence-corrected chi connectivity index (χ2v) is 8.63. The highest BCUT2D eigenvalue weighted by molar-refractivity contribution is 6.06. The van der Waals surface area contributed by atoms with Gasteiger partial charge in [-0.15, -0.1) is 0 Å². The SMILES string of the molecule is O=C1[C@H]2CC=CC[C@H]2C(=O)N1C1CN(C(=O)C2(c3ccccc3)CCOCC2)C1. The van der Waals surface area contributed by atoms with Crippen molar-refractivity contribution in [2.45, 2.75) is 37.1 Å². The lowest BCUT2D eigenvalue weighted by Crippen LogP contribution is -2.66. The van der Waals surface area contributed by atoms with Crippen LogP contribution in [0.5, 0.6) is 0 Å². The molecule has 152 valence electrons. The van der Waals surface area contributed by atoms with Gasteiger partial charge in [0.15, 0.2) is 0 Å². The van der Waals surface area contributed by atoms with Crippen LogP contribution in [-0.2, 0) is 24.5 Å².